The summed E-state index contributed by atoms with van der Waals surface area (Å²) >= 11 is 0. The summed E-state index contributed by atoms with van der Waals surface area (Å²) in [4.78, 5) is 11.4. The molecule has 0 heterocycles. The highest BCUT2D eigenvalue weighted by Gasteiger charge is 2.11. The molecule has 0 fully saturated rings. The molecule has 0 saturated heterocycles. The number of hydrogen-bond donors (Lipinski definition) is 0. The Morgan fingerprint density at radius 2 is 1.65 bits per heavy atom. The van der Waals surface area contributed by atoms with E-state index in [2.05, 4.69) is 0 Å². The van der Waals surface area contributed by atoms with Crippen LogP contribution in [-0.4, -0.2) is 5.78 Å². The summed E-state index contributed by atoms with van der Waals surface area (Å²) in [5.41, 5.74) is 0.277. The van der Waals surface area contributed by atoms with Crippen molar-refractivity contribution >= 4 is 5.78 Å². The SMILES string of the molecule is N#CC(=O)c1ccccc1Oc1ccccc1. The van der Waals surface area contributed by atoms with E-state index < -0.39 is 5.78 Å². The standard InChI is InChI=1S/C14H9NO2/c15-10-13(16)12-8-4-5-9-14(12)17-11-6-2-1-3-7-11/h1-9H. The van der Waals surface area contributed by atoms with Gasteiger partial charge in [-0.1, -0.05) is 30.3 Å². The number of ether oxygens (including phenoxy) is 1. The molecule has 17 heavy (non-hydrogen) atoms. The lowest BCUT2D eigenvalue weighted by Crippen LogP contribution is -1.98. The van der Waals surface area contributed by atoms with Gasteiger partial charge in [0, 0.05) is 0 Å². The Balaban J connectivity index is 2.34. The van der Waals surface area contributed by atoms with E-state index in [0.717, 1.165) is 0 Å². The molecule has 0 aliphatic carbocycles. The van der Waals surface area contributed by atoms with Crippen molar-refractivity contribution in [2.75, 3.05) is 0 Å². The van der Waals surface area contributed by atoms with E-state index >= 15 is 0 Å². The summed E-state index contributed by atoms with van der Waals surface area (Å²) in [6.45, 7) is 0. The number of para-hydroxylation sites is 2. The molecule has 2 aromatic carbocycles. The lowest BCUT2D eigenvalue weighted by Gasteiger charge is -2.07. The minimum absolute atomic E-state index is 0.277. The van der Waals surface area contributed by atoms with Crippen LogP contribution in [0.3, 0.4) is 0 Å². The van der Waals surface area contributed by atoms with Gasteiger partial charge in [-0.25, -0.2) is 0 Å². The van der Waals surface area contributed by atoms with Crippen LogP contribution in [0, 0.1) is 11.3 Å². The number of carbonyl (C=O) groups excluding carboxylic acids is 1. The molecule has 2 aromatic rings. The van der Waals surface area contributed by atoms with Crippen molar-refractivity contribution < 1.29 is 9.53 Å². The monoisotopic (exact) mass is 223 g/mol. The van der Waals surface area contributed by atoms with E-state index in [9.17, 15) is 4.79 Å². The summed E-state index contributed by atoms with van der Waals surface area (Å²) in [5.74, 6) is 0.424. The molecule has 0 unspecified atom stereocenters. The molecule has 2 rings (SSSR count). The highest BCUT2D eigenvalue weighted by molar-refractivity contribution is 6.09. The first-order valence-corrected chi connectivity index (χ1v) is 5.07. The summed E-state index contributed by atoms with van der Waals surface area (Å²) in [7, 11) is 0. The van der Waals surface area contributed by atoms with Crippen molar-refractivity contribution in [3.63, 3.8) is 0 Å². The first kappa shape index (κ1) is 10.9. The largest absolute Gasteiger partial charge is 0.457 e. The van der Waals surface area contributed by atoms with E-state index in [1.165, 1.54) is 0 Å². The molecule has 82 valence electrons. The Hall–Kier alpha value is -2.60. The smallest absolute Gasteiger partial charge is 0.265 e. The van der Waals surface area contributed by atoms with Crippen molar-refractivity contribution in [1.82, 2.24) is 0 Å². The number of nitriles is 1. The zero-order valence-corrected chi connectivity index (χ0v) is 8.96. The third-order valence-corrected chi connectivity index (χ3v) is 2.20. The van der Waals surface area contributed by atoms with Gasteiger partial charge in [-0.05, 0) is 24.3 Å². The van der Waals surface area contributed by atoms with Gasteiger partial charge in [-0.2, -0.15) is 5.26 Å². The van der Waals surface area contributed by atoms with Gasteiger partial charge in [0.15, 0.2) is 0 Å². The molecule has 0 spiro atoms. The summed E-state index contributed by atoms with van der Waals surface area (Å²) in [6, 6.07) is 17.4. The number of carbonyl (C=O) groups is 1. The minimum Gasteiger partial charge on any atom is -0.457 e. The van der Waals surface area contributed by atoms with Crippen LogP contribution in [0.1, 0.15) is 10.4 Å². The van der Waals surface area contributed by atoms with E-state index in [1.807, 2.05) is 18.2 Å². The van der Waals surface area contributed by atoms with Crippen molar-refractivity contribution in [2.45, 2.75) is 0 Å². The highest BCUT2D eigenvalue weighted by atomic mass is 16.5. The molecule has 0 N–H and O–H groups in total. The van der Waals surface area contributed by atoms with Gasteiger partial charge in [-0.3, -0.25) is 4.79 Å². The molecule has 0 bridgehead atoms. The van der Waals surface area contributed by atoms with E-state index in [0.29, 0.717) is 11.5 Å². The predicted molar refractivity (Wildman–Crippen MR) is 62.9 cm³/mol. The van der Waals surface area contributed by atoms with E-state index in [-0.39, 0.29) is 5.56 Å². The second-order valence-corrected chi connectivity index (χ2v) is 3.35. The Morgan fingerprint density at radius 1 is 1.00 bits per heavy atom. The van der Waals surface area contributed by atoms with Crippen LogP contribution in [0.2, 0.25) is 0 Å². The zero-order chi connectivity index (χ0) is 12.1. The highest BCUT2D eigenvalue weighted by Crippen LogP contribution is 2.25. The summed E-state index contributed by atoms with van der Waals surface area (Å²) in [5, 5.41) is 8.62. The van der Waals surface area contributed by atoms with E-state index in [1.54, 1.807) is 42.5 Å². The fourth-order valence-corrected chi connectivity index (χ4v) is 1.42. The molecular weight excluding hydrogens is 214 g/mol. The molecule has 0 saturated carbocycles. The van der Waals surface area contributed by atoms with Crippen LogP contribution in [-0.2, 0) is 0 Å². The van der Waals surface area contributed by atoms with Crippen LogP contribution < -0.4 is 4.74 Å². The van der Waals surface area contributed by atoms with Gasteiger partial charge in [0.1, 0.15) is 17.6 Å². The molecular formula is C14H9NO2. The number of hydrogen-bond acceptors (Lipinski definition) is 3. The summed E-state index contributed by atoms with van der Waals surface area (Å²) in [6.07, 6.45) is 0. The van der Waals surface area contributed by atoms with Crippen LogP contribution in [0.4, 0.5) is 0 Å². The molecule has 0 atom stereocenters. The van der Waals surface area contributed by atoms with Crippen molar-refractivity contribution in [3.05, 3.63) is 60.2 Å². The van der Waals surface area contributed by atoms with Crippen LogP contribution in [0.5, 0.6) is 11.5 Å². The lowest BCUT2D eigenvalue weighted by atomic mass is 10.1. The van der Waals surface area contributed by atoms with Gasteiger partial charge < -0.3 is 4.74 Å². The third-order valence-electron chi connectivity index (χ3n) is 2.20. The second kappa shape index (κ2) is 4.95. The van der Waals surface area contributed by atoms with Crippen LogP contribution in [0.25, 0.3) is 0 Å². The lowest BCUT2D eigenvalue weighted by molar-refractivity contribution is 0.105. The molecule has 0 aromatic heterocycles. The Bertz CT molecular complexity index is 570. The van der Waals surface area contributed by atoms with Crippen molar-refractivity contribution in [2.24, 2.45) is 0 Å². The zero-order valence-electron chi connectivity index (χ0n) is 8.96. The number of benzene rings is 2. The quantitative estimate of drug-likeness (QED) is 0.593. The molecule has 0 aliphatic heterocycles. The molecule has 3 nitrogen and oxygen atoms in total. The second-order valence-electron chi connectivity index (χ2n) is 3.35. The van der Waals surface area contributed by atoms with E-state index in [4.69, 9.17) is 10.00 Å². The molecule has 0 radical (unpaired) electrons. The van der Waals surface area contributed by atoms with Gasteiger partial charge in [-0.15, -0.1) is 0 Å². The maximum absolute atomic E-state index is 11.4. The van der Waals surface area contributed by atoms with Crippen molar-refractivity contribution in [1.29, 1.82) is 5.26 Å². The first-order chi connectivity index (χ1) is 8.31. The van der Waals surface area contributed by atoms with Crippen LogP contribution in [0.15, 0.2) is 54.6 Å². The fraction of sp³-hybridized carbons (Fsp3) is 0. The van der Waals surface area contributed by atoms with Gasteiger partial charge in [0.2, 0.25) is 0 Å². The number of rotatable bonds is 3. The van der Waals surface area contributed by atoms with Crippen molar-refractivity contribution in [3.8, 4) is 17.6 Å². The topological polar surface area (TPSA) is 50.1 Å². The van der Waals surface area contributed by atoms with Gasteiger partial charge >= 0.3 is 0 Å². The van der Waals surface area contributed by atoms with Gasteiger partial charge in [0.25, 0.3) is 5.78 Å². The number of ketones is 1. The van der Waals surface area contributed by atoms with Gasteiger partial charge in [0.05, 0.1) is 5.56 Å². The maximum atomic E-state index is 11.4. The average molecular weight is 223 g/mol. The third kappa shape index (κ3) is 2.50. The Labute approximate surface area is 98.9 Å². The molecule has 3 heteroatoms. The van der Waals surface area contributed by atoms with Crippen LogP contribution >= 0.6 is 0 Å². The fourth-order valence-electron chi connectivity index (χ4n) is 1.42. The summed E-state index contributed by atoms with van der Waals surface area (Å²) < 4.78 is 5.56. The number of nitrogens with zero attached hydrogens (tertiary/aromatic N) is 1. The first-order valence-electron chi connectivity index (χ1n) is 5.07. The molecule has 0 aliphatic rings. The Morgan fingerprint density at radius 3 is 2.35 bits per heavy atom. The minimum atomic E-state index is -0.600. The Kier molecular flexibility index (Phi) is 3.18. The normalized spacial score (nSPS) is 9.35. The maximum Gasteiger partial charge on any atom is 0.265 e. The number of Topliss-reactive ketones (excluding diaryl/α,β-unsaturated/α-hetero) is 1. The molecule has 0 amide bonds. The predicted octanol–water partition coefficient (Wildman–Crippen LogP) is 3.19. The average Bonchev–Trinajstić information content (AvgIpc) is 2.40.